The van der Waals surface area contributed by atoms with E-state index in [-0.39, 0.29) is 17.7 Å². The number of amides is 3. The quantitative estimate of drug-likeness (QED) is 0.128. The molecule has 0 saturated heterocycles. The number of likely N-dealkylation sites (N-methyl/N-ethyl adjacent to an activating group) is 1. The van der Waals surface area contributed by atoms with Gasteiger partial charge >= 0.3 is 24.3 Å². The van der Waals surface area contributed by atoms with Crippen molar-refractivity contribution in [1.82, 2.24) is 24.3 Å². The molecule has 21 heteroatoms. The first-order valence-corrected chi connectivity index (χ1v) is 16.3. The number of carbonyl (C=O) groups is 5. The molecule has 5 N–H and O–H groups in total. The highest BCUT2D eigenvalue weighted by atomic mass is 19.4. The number of aliphatic carboxylic acids is 2. The van der Waals surface area contributed by atoms with E-state index >= 15 is 0 Å². The number of nitrogens with zero attached hydrogens (tertiary/aromatic N) is 5. The molecule has 0 saturated carbocycles. The number of alkyl halides is 6. The van der Waals surface area contributed by atoms with Crippen LogP contribution in [0.15, 0.2) is 67.1 Å². The van der Waals surface area contributed by atoms with Crippen LogP contribution in [0.5, 0.6) is 0 Å². The summed E-state index contributed by atoms with van der Waals surface area (Å²) in [4.78, 5) is 64.6. The van der Waals surface area contributed by atoms with Gasteiger partial charge in [-0.1, -0.05) is 18.2 Å². The fourth-order valence-electron chi connectivity index (χ4n) is 4.30. The van der Waals surface area contributed by atoms with Crippen molar-refractivity contribution in [2.75, 3.05) is 56.8 Å². The van der Waals surface area contributed by atoms with E-state index in [2.05, 4.69) is 20.9 Å². The molecular weight excluding hydrogens is 770 g/mol. The lowest BCUT2D eigenvalue weighted by Gasteiger charge is -2.11. The number of halogens is 6. The van der Waals surface area contributed by atoms with Crippen molar-refractivity contribution in [3.05, 3.63) is 95.3 Å². The van der Waals surface area contributed by atoms with Crippen molar-refractivity contribution in [2.24, 2.45) is 14.1 Å². The van der Waals surface area contributed by atoms with Crippen molar-refractivity contribution in [3.8, 4) is 0 Å². The molecular formula is C36H40F6N8O7. The normalized spacial score (nSPS) is 11.2. The molecule has 0 aliphatic rings. The lowest BCUT2D eigenvalue weighted by Crippen LogP contribution is -2.32. The minimum absolute atomic E-state index is 0.220. The Morgan fingerprint density at radius 2 is 1.19 bits per heavy atom. The molecule has 0 fully saturated rings. The summed E-state index contributed by atoms with van der Waals surface area (Å²) in [5, 5.41) is 22.8. The molecule has 0 radical (unpaired) electrons. The molecule has 3 heterocycles. The van der Waals surface area contributed by atoms with E-state index in [0.29, 0.717) is 34.9 Å². The van der Waals surface area contributed by atoms with Crippen LogP contribution < -0.4 is 20.9 Å². The summed E-state index contributed by atoms with van der Waals surface area (Å²) in [6.07, 6.45) is -1.45. The number of hydrogen-bond donors (Lipinski definition) is 5. The molecule has 0 bridgehead atoms. The van der Waals surface area contributed by atoms with Crippen LogP contribution in [0.3, 0.4) is 0 Å². The Balaban J connectivity index is 0.000000682. The number of pyridine rings is 1. The number of benzene rings is 1. The molecule has 0 aliphatic carbocycles. The van der Waals surface area contributed by atoms with Gasteiger partial charge in [0.2, 0.25) is 0 Å². The van der Waals surface area contributed by atoms with Crippen LogP contribution in [0.1, 0.15) is 42.6 Å². The van der Waals surface area contributed by atoms with Gasteiger partial charge in [-0.3, -0.25) is 19.4 Å². The Labute approximate surface area is 322 Å². The maximum Gasteiger partial charge on any atom is 0.490 e. The maximum atomic E-state index is 13.0. The summed E-state index contributed by atoms with van der Waals surface area (Å²) >= 11 is 0. The number of carboxylic acids is 2. The summed E-state index contributed by atoms with van der Waals surface area (Å²) in [5.41, 5.74) is 5.02. The van der Waals surface area contributed by atoms with Gasteiger partial charge in [0.15, 0.2) is 0 Å². The van der Waals surface area contributed by atoms with Gasteiger partial charge in [-0.05, 0) is 62.1 Å². The van der Waals surface area contributed by atoms with E-state index < -0.39 is 24.3 Å². The Morgan fingerprint density at radius 3 is 1.61 bits per heavy atom. The average molecular weight is 811 g/mol. The molecule has 4 rings (SSSR count). The number of carbonyl (C=O) groups excluding carboxylic acids is 3. The largest absolute Gasteiger partial charge is 0.490 e. The number of nitrogens with one attached hydrogen (secondary N) is 3. The Morgan fingerprint density at radius 1 is 0.719 bits per heavy atom. The van der Waals surface area contributed by atoms with Crippen molar-refractivity contribution in [1.29, 1.82) is 0 Å². The zero-order valence-corrected chi connectivity index (χ0v) is 31.4. The summed E-state index contributed by atoms with van der Waals surface area (Å²) < 4.78 is 66.8. The molecule has 0 spiro atoms. The highest BCUT2D eigenvalue weighted by Gasteiger charge is 2.38. The third-order valence-electron chi connectivity index (χ3n) is 7.23. The zero-order valence-electron chi connectivity index (χ0n) is 31.4. The lowest BCUT2D eigenvalue weighted by molar-refractivity contribution is -0.193. The number of anilines is 3. The number of hydrogen-bond acceptors (Lipinski definition) is 8. The summed E-state index contributed by atoms with van der Waals surface area (Å²) in [7, 11) is 11.3. The van der Waals surface area contributed by atoms with Gasteiger partial charge in [0.05, 0.1) is 22.6 Å². The minimum Gasteiger partial charge on any atom is -0.475 e. The zero-order chi connectivity index (χ0) is 43.2. The van der Waals surface area contributed by atoms with E-state index in [1.165, 1.54) is 6.20 Å². The highest BCUT2D eigenvalue weighted by molar-refractivity contribution is 6.07. The predicted octanol–water partition coefficient (Wildman–Crippen LogP) is 5.06. The average Bonchev–Trinajstić information content (AvgIpc) is 3.67. The molecule has 0 unspecified atom stereocenters. The maximum absolute atomic E-state index is 13.0. The topological polar surface area (TPSA) is 191 Å². The van der Waals surface area contributed by atoms with E-state index in [4.69, 9.17) is 19.8 Å². The first-order valence-electron chi connectivity index (χ1n) is 16.3. The Kier molecular flexibility index (Phi) is 16.6. The Hall–Kier alpha value is -6.64. The van der Waals surface area contributed by atoms with Crippen molar-refractivity contribution < 1.29 is 60.5 Å². The van der Waals surface area contributed by atoms with Gasteiger partial charge in [0.1, 0.15) is 11.4 Å². The van der Waals surface area contributed by atoms with Crippen molar-refractivity contribution in [2.45, 2.75) is 12.4 Å². The second-order valence-corrected chi connectivity index (χ2v) is 12.3. The number of rotatable bonds is 11. The van der Waals surface area contributed by atoms with Gasteiger partial charge in [-0.2, -0.15) is 26.3 Å². The van der Waals surface area contributed by atoms with Crippen LogP contribution in [-0.4, -0.2) is 113 Å². The Bertz CT molecular complexity index is 2010. The van der Waals surface area contributed by atoms with Crippen LogP contribution in [0.25, 0.3) is 12.2 Å². The first-order chi connectivity index (χ1) is 26.4. The minimum atomic E-state index is -5.08. The third-order valence-corrected chi connectivity index (χ3v) is 7.23. The molecule has 1 aromatic carbocycles. The molecule has 3 aromatic heterocycles. The smallest absolute Gasteiger partial charge is 0.475 e. The number of aryl methyl sites for hydroxylation is 2. The van der Waals surface area contributed by atoms with Crippen molar-refractivity contribution in [3.63, 3.8) is 0 Å². The summed E-state index contributed by atoms with van der Waals surface area (Å²) in [6.45, 7) is 1.23. The van der Waals surface area contributed by atoms with Crippen LogP contribution in [-0.2, 0) is 23.7 Å². The predicted molar refractivity (Wildman–Crippen MR) is 199 cm³/mol. The monoisotopic (exact) mass is 810 g/mol. The highest BCUT2D eigenvalue weighted by Crippen LogP contribution is 2.19. The van der Waals surface area contributed by atoms with E-state index in [9.17, 15) is 40.7 Å². The third kappa shape index (κ3) is 15.6. The molecule has 308 valence electrons. The SMILES string of the molecule is CN(C)CCNC(=O)c1cc(NC(=O)c2cc(NC(=O)c3ccc(/C=C/c4ccc(N(C)C)cc4)nc3)cn2C)cn1C.O=C(O)C(F)(F)F.O=C(O)C(F)(F)F. The standard InChI is InChI=1S/C32H38N8O3.2C2HF3O2/c1-37(2)16-15-33-31(42)28-17-26(21-39(28)5)36-32(43)29-18-25(20-40(29)6)35-30(41)23-10-12-24(34-19-23)11-7-22-8-13-27(14-9-22)38(3)4;2*3-2(4,5)1(6)7/h7-14,17-21H,15-16H2,1-6H3,(H,33,42)(H,35,41)(H,36,43);2*(H,6,7)/b11-7+;;. The van der Waals surface area contributed by atoms with Crippen molar-refractivity contribution >= 4 is 58.9 Å². The second-order valence-electron chi connectivity index (χ2n) is 12.3. The second kappa shape index (κ2) is 20.3. The van der Waals surface area contributed by atoms with Crippen LogP contribution in [0.4, 0.5) is 43.4 Å². The molecule has 4 aromatic rings. The van der Waals surface area contributed by atoms with Gasteiger partial charge in [0, 0.05) is 65.6 Å². The molecule has 15 nitrogen and oxygen atoms in total. The van der Waals surface area contributed by atoms with Crippen LogP contribution >= 0.6 is 0 Å². The first kappa shape index (κ1) is 46.5. The number of aromatic nitrogens is 3. The van der Waals surface area contributed by atoms with Crippen LogP contribution in [0.2, 0.25) is 0 Å². The molecule has 3 amide bonds. The molecule has 57 heavy (non-hydrogen) atoms. The van der Waals surface area contributed by atoms with Crippen LogP contribution in [0, 0.1) is 0 Å². The van der Waals surface area contributed by atoms with Gasteiger partial charge in [0.25, 0.3) is 17.7 Å². The summed E-state index contributed by atoms with van der Waals surface area (Å²) in [5.74, 6) is -6.45. The molecule has 0 atom stereocenters. The lowest BCUT2D eigenvalue weighted by atomic mass is 10.1. The van der Waals surface area contributed by atoms with E-state index in [1.807, 2.05) is 74.4 Å². The van der Waals surface area contributed by atoms with Gasteiger partial charge in [-0.25, -0.2) is 9.59 Å². The fourth-order valence-corrected chi connectivity index (χ4v) is 4.30. The fraction of sp³-hybridized carbons (Fsp3) is 0.278. The van der Waals surface area contributed by atoms with E-state index in [0.717, 1.165) is 23.5 Å². The van der Waals surface area contributed by atoms with E-state index in [1.54, 1.807) is 59.9 Å². The van der Waals surface area contributed by atoms with Gasteiger partial charge in [-0.15, -0.1) is 0 Å². The summed E-state index contributed by atoms with van der Waals surface area (Å²) in [6, 6.07) is 14.9. The molecule has 0 aliphatic heterocycles. The number of carboxylic acid groups (broad SMARTS) is 2. The van der Waals surface area contributed by atoms with Gasteiger partial charge < -0.3 is 45.1 Å².